The van der Waals surface area contributed by atoms with Gasteiger partial charge in [-0.25, -0.2) is 0 Å². The molecule has 132 valence electrons. The first-order valence-electron chi connectivity index (χ1n) is 8.96. The van der Waals surface area contributed by atoms with Crippen LogP contribution in [0.5, 0.6) is 0 Å². The third-order valence-electron chi connectivity index (χ3n) is 5.04. The van der Waals surface area contributed by atoms with Crippen LogP contribution in [0, 0.1) is 0 Å². The molecule has 0 bridgehead atoms. The minimum Gasteiger partial charge on any atom is -0.337 e. The maximum atomic E-state index is 12.8. The van der Waals surface area contributed by atoms with Gasteiger partial charge in [0.1, 0.15) is 5.69 Å². The van der Waals surface area contributed by atoms with Crippen LogP contribution in [0.15, 0.2) is 48.8 Å². The lowest BCUT2D eigenvalue weighted by atomic mass is 9.92. The Morgan fingerprint density at radius 1 is 1.27 bits per heavy atom. The monoisotopic (exact) mass is 347 g/mol. The number of H-pyrrole nitrogens is 1. The van der Waals surface area contributed by atoms with Gasteiger partial charge in [0.15, 0.2) is 0 Å². The van der Waals surface area contributed by atoms with Crippen molar-refractivity contribution >= 4 is 5.91 Å². The molecule has 1 atom stereocenters. The van der Waals surface area contributed by atoms with Gasteiger partial charge in [0.05, 0.1) is 18.1 Å². The van der Waals surface area contributed by atoms with E-state index in [-0.39, 0.29) is 5.91 Å². The van der Waals surface area contributed by atoms with Crippen molar-refractivity contribution in [2.75, 3.05) is 13.1 Å². The van der Waals surface area contributed by atoms with Gasteiger partial charge in [-0.05, 0) is 36.1 Å². The molecule has 26 heavy (non-hydrogen) atoms. The quantitative estimate of drug-likeness (QED) is 0.787. The van der Waals surface area contributed by atoms with E-state index in [2.05, 4.69) is 51.6 Å². The van der Waals surface area contributed by atoms with Crippen molar-refractivity contribution in [3.63, 3.8) is 0 Å². The number of hydrogen-bond donors (Lipinski definition) is 1. The summed E-state index contributed by atoms with van der Waals surface area (Å²) in [5, 5.41) is 14.7. The SMILES string of the molecule is CCc1ccccc1C1CCN(C(=O)c2cc(-c3ccnnc3)n[nH]2)C1. The van der Waals surface area contributed by atoms with Crippen LogP contribution in [0.1, 0.15) is 40.9 Å². The molecule has 0 aliphatic carbocycles. The number of carbonyl (C=O) groups excluding carboxylic acids is 1. The van der Waals surface area contributed by atoms with Gasteiger partial charge in [0.25, 0.3) is 5.91 Å². The zero-order valence-electron chi connectivity index (χ0n) is 14.7. The third-order valence-corrected chi connectivity index (χ3v) is 5.04. The van der Waals surface area contributed by atoms with Crippen LogP contribution in [0.2, 0.25) is 0 Å². The van der Waals surface area contributed by atoms with Crippen molar-refractivity contribution in [1.29, 1.82) is 0 Å². The van der Waals surface area contributed by atoms with Crippen LogP contribution < -0.4 is 0 Å². The molecule has 0 spiro atoms. The Balaban J connectivity index is 1.49. The van der Waals surface area contributed by atoms with E-state index in [9.17, 15) is 4.79 Å². The molecule has 3 aromatic rings. The number of aromatic nitrogens is 4. The lowest BCUT2D eigenvalue weighted by molar-refractivity contribution is 0.0785. The maximum Gasteiger partial charge on any atom is 0.271 e. The van der Waals surface area contributed by atoms with Gasteiger partial charge >= 0.3 is 0 Å². The Hall–Kier alpha value is -3.02. The molecule has 1 N–H and O–H groups in total. The van der Waals surface area contributed by atoms with E-state index in [0.717, 1.165) is 31.5 Å². The van der Waals surface area contributed by atoms with Gasteiger partial charge < -0.3 is 4.90 Å². The lowest BCUT2D eigenvalue weighted by Gasteiger charge is -2.17. The molecule has 0 saturated carbocycles. The van der Waals surface area contributed by atoms with E-state index < -0.39 is 0 Å². The number of carbonyl (C=O) groups is 1. The predicted molar refractivity (Wildman–Crippen MR) is 98.7 cm³/mol. The van der Waals surface area contributed by atoms with Crippen molar-refractivity contribution in [2.45, 2.75) is 25.7 Å². The van der Waals surface area contributed by atoms with Gasteiger partial charge in [-0.3, -0.25) is 9.89 Å². The van der Waals surface area contributed by atoms with Gasteiger partial charge in [-0.2, -0.15) is 15.3 Å². The van der Waals surface area contributed by atoms with Crippen LogP contribution in [-0.2, 0) is 6.42 Å². The molecule has 1 fully saturated rings. The molecule has 2 aromatic heterocycles. The molecule has 1 unspecified atom stereocenters. The molecule has 0 radical (unpaired) electrons. The molecule has 1 saturated heterocycles. The second-order valence-corrected chi connectivity index (χ2v) is 6.59. The molecular formula is C20H21N5O. The van der Waals surface area contributed by atoms with Gasteiger partial charge in [-0.1, -0.05) is 31.2 Å². The van der Waals surface area contributed by atoms with Crippen molar-refractivity contribution in [1.82, 2.24) is 25.3 Å². The Kier molecular flexibility index (Phi) is 4.48. The van der Waals surface area contributed by atoms with Crippen LogP contribution in [0.4, 0.5) is 0 Å². The Labute approximate surface area is 152 Å². The smallest absolute Gasteiger partial charge is 0.271 e. The van der Waals surface area contributed by atoms with Gasteiger partial charge in [-0.15, -0.1) is 0 Å². The highest BCUT2D eigenvalue weighted by Crippen LogP contribution is 2.30. The average Bonchev–Trinajstić information content (AvgIpc) is 3.38. The van der Waals surface area contributed by atoms with Crippen molar-refractivity contribution in [3.8, 4) is 11.3 Å². The van der Waals surface area contributed by atoms with Crippen molar-refractivity contribution in [3.05, 3.63) is 65.6 Å². The van der Waals surface area contributed by atoms with Crippen LogP contribution >= 0.6 is 0 Å². The van der Waals surface area contributed by atoms with E-state index in [1.807, 2.05) is 11.0 Å². The second-order valence-electron chi connectivity index (χ2n) is 6.59. The first kappa shape index (κ1) is 16.4. The number of nitrogens with one attached hydrogen (secondary N) is 1. The first-order valence-corrected chi connectivity index (χ1v) is 8.96. The minimum absolute atomic E-state index is 0.00208. The normalized spacial score (nSPS) is 16.8. The zero-order valence-corrected chi connectivity index (χ0v) is 14.7. The number of aryl methyl sites for hydroxylation is 1. The summed E-state index contributed by atoms with van der Waals surface area (Å²) >= 11 is 0. The van der Waals surface area contributed by atoms with Crippen LogP contribution in [0.25, 0.3) is 11.3 Å². The van der Waals surface area contributed by atoms with Crippen molar-refractivity contribution in [2.24, 2.45) is 0 Å². The number of rotatable bonds is 4. The Bertz CT molecular complexity index is 905. The van der Waals surface area contributed by atoms with E-state index in [0.29, 0.717) is 17.3 Å². The number of benzene rings is 1. The highest BCUT2D eigenvalue weighted by molar-refractivity contribution is 5.93. The van der Waals surface area contributed by atoms with Crippen LogP contribution in [-0.4, -0.2) is 44.3 Å². The summed E-state index contributed by atoms with van der Waals surface area (Å²) in [6.45, 7) is 3.70. The fourth-order valence-corrected chi connectivity index (χ4v) is 3.64. The van der Waals surface area contributed by atoms with E-state index in [1.54, 1.807) is 18.5 Å². The predicted octanol–water partition coefficient (Wildman–Crippen LogP) is 3.06. The summed E-state index contributed by atoms with van der Waals surface area (Å²) < 4.78 is 0. The molecule has 6 heteroatoms. The fourth-order valence-electron chi connectivity index (χ4n) is 3.64. The molecule has 4 rings (SSSR count). The third kappa shape index (κ3) is 3.10. The molecule has 1 aromatic carbocycles. The topological polar surface area (TPSA) is 74.8 Å². The number of likely N-dealkylation sites (tertiary alicyclic amines) is 1. The Morgan fingerprint density at radius 3 is 2.96 bits per heavy atom. The summed E-state index contributed by atoms with van der Waals surface area (Å²) in [5.41, 5.74) is 4.81. The van der Waals surface area contributed by atoms with E-state index >= 15 is 0 Å². The van der Waals surface area contributed by atoms with Gasteiger partial charge in [0, 0.05) is 24.6 Å². The summed E-state index contributed by atoms with van der Waals surface area (Å²) in [6.07, 6.45) is 5.27. The number of nitrogens with zero attached hydrogens (tertiary/aromatic N) is 4. The second kappa shape index (κ2) is 7.07. The van der Waals surface area contributed by atoms with Crippen molar-refractivity contribution < 1.29 is 4.79 Å². The van der Waals surface area contributed by atoms with Gasteiger partial charge in [0.2, 0.25) is 0 Å². The number of amides is 1. The zero-order chi connectivity index (χ0) is 17.9. The largest absolute Gasteiger partial charge is 0.337 e. The first-order chi connectivity index (χ1) is 12.8. The highest BCUT2D eigenvalue weighted by Gasteiger charge is 2.29. The van der Waals surface area contributed by atoms with E-state index in [1.165, 1.54) is 11.1 Å². The molecule has 6 nitrogen and oxygen atoms in total. The molecule has 1 aliphatic heterocycles. The molecule has 1 amide bonds. The lowest BCUT2D eigenvalue weighted by Crippen LogP contribution is -2.28. The summed E-state index contributed by atoms with van der Waals surface area (Å²) in [5.74, 6) is 0.407. The molecule has 3 heterocycles. The van der Waals surface area contributed by atoms with E-state index in [4.69, 9.17) is 0 Å². The number of aromatic amines is 1. The minimum atomic E-state index is 0.00208. The average molecular weight is 347 g/mol. The summed E-state index contributed by atoms with van der Waals surface area (Å²) in [6, 6.07) is 12.2. The Morgan fingerprint density at radius 2 is 2.15 bits per heavy atom. The summed E-state index contributed by atoms with van der Waals surface area (Å²) in [7, 11) is 0. The molecule has 1 aliphatic rings. The summed E-state index contributed by atoms with van der Waals surface area (Å²) in [4.78, 5) is 14.8. The van der Waals surface area contributed by atoms with Crippen LogP contribution in [0.3, 0.4) is 0 Å². The number of hydrogen-bond acceptors (Lipinski definition) is 4. The fraction of sp³-hybridized carbons (Fsp3) is 0.300. The maximum absolute atomic E-state index is 12.8. The highest BCUT2D eigenvalue weighted by atomic mass is 16.2. The molecular weight excluding hydrogens is 326 g/mol. The standard InChI is InChI=1S/C20H21N5O/c1-2-14-5-3-4-6-17(14)16-8-10-25(13-16)20(26)19-11-18(23-24-19)15-7-9-21-22-12-15/h3-7,9,11-12,16H,2,8,10,13H2,1H3,(H,23,24).